The van der Waals surface area contributed by atoms with Crippen molar-refractivity contribution >= 4 is 5.91 Å². The van der Waals surface area contributed by atoms with E-state index >= 15 is 0 Å². The van der Waals surface area contributed by atoms with E-state index in [0.717, 1.165) is 37.0 Å². The summed E-state index contributed by atoms with van der Waals surface area (Å²) in [5.41, 5.74) is -0.103. The Morgan fingerprint density at radius 3 is 1.95 bits per heavy atom. The number of aromatic hydroxyl groups is 2. The van der Waals surface area contributed by atoms with Gasteiger partial charge in [-0.15, -0.1) is 0 Å². The van der Waals surface area contributed by atoms with Gasteiger partial charge >= 0.3 is 0 Å². The maximum absolute atomic E-state index is 12.5. The summed E-state index contributed by atoms with van der Waals surface area (Å²) in [4.78, 5) is 12.5. The molecule has 4 fully saturated rings. The summed E-state index contributed by atoms with van der Waals surface area (Å²) in [5, 5.41) is 22.9. The predicted octanol–water partition coefficient (Wildman–Crippen LogP) is 2.80. The molecule has 4 bridgehead atoms. The molecule has 1 aromatic carbocycles. The standard InChI is InChI=1S/C17H21NO3/c19-13-2-1-3-14(20)15(13)16(21)18-17-7-10-4-11(8-17)6-12(5-10)9-17/h1-3,10-12,19-20H,4-9H2,(H,18,21). The first-order valence-corrected chi connectivity index (χ1v) is 7.88. The number of hydrogen-bond acceptors (Lipinski definition) is 3. The van der Waals surface area contributed by atoms with Crippen molar-refractivity contribution in [2.24, 2.45) is 17.8 Å². The van der Waals surface area contributed by atoms with E-state index in [4.69, 9.17) is 0 Å². The first-order chi connectivity index (χ1) is 10.0. The zero-order chi connectivity index (χ0) is 14.6. The lowest BCUT2D eigenvalue weighted by Gasteiger charge is -2.56. The van der Waals surface area contributed by atoms with Crippen molar-refractivity contribution in [2.75, 3.05) is 0 Å². The number of phenols is 2. The Labute approximate surface area is 124 Å². The van der Waals surface area contributed by atoms with E-state index in [-0.39, 0.29) is 28.5 Å². The van der Waals surface area contributed by atoms with Gasteiger partial charge in [0.1, 0.15) is 17.1 Å². The molecular formula is C17H21NO3. The molecule has 0 atom stereocenters. The van der Waals surface area contributed by atoms with Crippen LogP contribution in [0, 0.1) is 17.8 Å². The van der Waals surface area contributed by atoms with Crippen LogP contribution in [0.15, 0.2) is 18.2 Å². The summed E-state index contributed by atoms with van der Waals surface area (Å²) in [6.45, 7) is 0. The van der Waals surface area contributed by atoms with Crippen LogP contribution >= 0.6 is 0 Å². The van der Waals surface area contributed by atoms with Gasteiger partial charge in [0.05, 0.1) is 0 Å². The lowest BCUT2D eigenvalue weighted by atomic mass is 9.53. The monoisotopic (exact) mass is 287 g/mol. The Morgan fingerprint density at radius 2 is 1.48 bits per heavy atom. The summed E-state index contributed by atoms with van der Waals surface area (Å²) in [7, 11) is 0. The van der Waals surface area contributed by atoms with Crippen molar-refractivity contribution in [3.8, 4) is 11.5 Å². The molecule has 0 saturated heterocycles. The largest absolute Gasteiger partial charge is 0.507 e. The topological polar surface area (TPSA) is 69.6 Å². The van der Waals surface area contributed by atoms with Crippen molar-refractivity contribution in [1.82, 2.24) is 5.32 Å². The third kappa shape index (κ3) is 2.08. The lowest BCUT2D eigenvalue weighted by Crippen LogP contribution is -2.59. The Morgan fingerprint density at radius 1 is 1.00 bits per heavy atom. The highest BCUT2D eigenvalue weighted by atomic mass is 16.3. The zero-order valence-corrected chi connectivity index (χ0v) is 12.0. The van der Waals surface area contributed by atoms with E-state index in [1.165, 1.54) is 37.5 Å². The molecule has 5 rings (SSSR count). The number of nitrogens with one attached hydrogen (secondary N) is 1. The normalized spacial score (nSPS) is 36.7. The molecular weight excluding hydrogens is 266 g/mol. The molecule has 21 heavy (non-hydrogen) atoms. The van der Waals surface area contributed by atoms with Crippen LogP contribution in [-0.4, -0.2) is 21.7 Å². The molecule has 0 spiro atoms. The van der Waals surface area contributed by atoms with E-state index in [2.05, 4.69) is 5.32 Å². The highest BCUT2D eigenvalue weighted by Gasteiger charge is 2.51. The van der Waals surface area contributed by atoms with Crippen LogP contribution in [-0.2, 0) is 0 Å². The Balaban J connectivity index is 1.60. The van der Waals surface area contributed by atoms with E-state index in [9.17, 15) is 15.0 Å². The summed E-state index contributed by atoms with van der Waals surface area (Å²) in [6, 6.07) is 4.41. The second-order valence-corrected chi connectivity index (χ2v) is 7.32. The molecule has 4 saturated carbocycles. The van der Waals surface area contributed by atoms with Gasteiger partial charge in [-0.3, -0.25) is 4.79 Å². The quantitative estimate of drug-likeness (QED) is 0.783. The van der Waals surface area contributed by atoms with E-state index in [0.29, 0.717) is 0 Å². The molecule has 1 aromatic rings. The Bertz CT molecular complexity index is 540. The average molecular weight is 287 g/mol. The number of carbonyl (C=O) groups excluding carboxylic acids is 1. The molecule has 4 aliphatic rings. The minimum Gasteiger partial charge on any atom is -0.507 e. The van der Waals surface area contributed by atoms with Crippen LogP contribution in [0.2, 0.25) is 0 Å². The van der Waals surface area contributed by atoms with Gasteiger partial charge in [0.15, 0.2) is 0 Å². The van der Waals surface area contributed by atoms with Gasteiger partial charge < -0.3 is 15.5 Å². The van der Waals surface area contributed by atoms with Gasteiger partial charge in [-0.05, 0) is 68.4 Å². The Hall–Kier alpha value is -1.71. The smallest absolute Gasteiger partial charge is 0.259 e. The minimum absolute atomic E-state index is 0.00763. The molecule has 0 aliphatic heterocycles. The van der Waals surface area contributed by atoms with Gasteiger partial charge in [0.25, 0.3) is 5.91 Å². The average Bonchev–Trinajstić information content (AvgIpc) is 2.35. The lowest BCUT2D eigenvalue weighted by molar-refractivity contribution is -0.0167. The van der Waals surface area contributed by atoms with Crippen LogP contribution in [0.4, 0.5) is 0 Å². The number of phenolic OH excluding ortho intramolecular Hbond substituents is 2. The van der Waals surface area contributed by atoms with E-state index in [1.54, 1.807) is 0 Å². The van der Waals surface area contributed by atoms with Crippen LogP contribution < -0.4 is 5.32 Å². The molecule has 4 nitrogen and oxygen atoms in total. The molecule has 4 heteroatoms. The molecule has 3 N–H and O–H groups in total. The van der Waals surface area contributed by atoms with Gasteiger partial charge in [-0.2, -0.15) is 0 Å². The summed E-state index contributed by atoms with van der Waals surface area (Å²) in [6.07, 6.45) is 7.11. The number of carbonyl (C=O) groups is 1. The Kier molecular flexibility index (Phi) is 2.72. The van der Waals surface area contributed by atoms with Crippen LogP contribution in [0.1, 0.15) is 48.9 Å². The summed E-state index contributed by atoms with van der Waals surface area (Å²) in [5.74, 6) is 1.58. The molecule has 1 amide bonds. The van der Waals surface area contributed by atoms with Crippen molar-refractivity contribution in [1.29, 1.82) is 0 Å². The maximum Gasteiger partial charge on any atom is 0.259 e. The first kappa shape index (κ1) is 13.0. The highest BCUT2D eigenvalue weighted by molar-refractivity contribution is 5.99. The fourth-order valence-corrected chi connectivity index (χ4v) is 5.33. The minimum atomic E-state index is -0.340. The first-order valence-electron chi connectivity index (χ1n) is 7.88. The second kappa shape index (κ2) is 4.39. The fraction of sp³-hybridized carbons (Fsp3) is 0.588. The van der Waals surface area contributed by atoms with Crippen LogP contribution in [0.3, 0.4) is 0 Å². The molecule has 4 aliphatic carbocycles. The van der Waals surface area contributed by atoms with E-state index < -0.39 is 0 Å². The molecule has 0 radical (unpaired) electrons. The predicted molar refractivity (Wildman–Crippen MR) is 78.1 cm³/mol. The van der Waals surface area contributed by atoms with Crippen LogP contribution in [0.25, 0.3) is 0 Å². The zero-order valence-electron chi connectivity index (χ0n) is 12.0. The number of amides is 1. The highest BCUT2D eigenvalue weighted by Crippen LogP contribution is 2.55. The van der Waals surface area contributed by atoms with Gasteiger partial charge in [-0.25, -0.2) is 0 Å². The van der Waals surface area contributed by atoms with Crippen LogP contribution in [0.5, 0.6) is 11.5 Å². The molecule has 0 heterocycles. The number of hydrogen-bond donors (Lipinski definition) is 3. The maximum atomic E-state index is 12.5. The van der Waals surface area contributed by atoms with Crippen molar-refractivity contribution < 1.29 is 15.0 Å². The van der Waals surface area contributed by atoms with Gasteiger partial charge in [0.2, 0.25) is 0 Å². The van der Waals surface area contributed by atoms with Crippen molar-refractivity contribution in [2.45, 2.75) is 44.1 Å². The molecule has 112 valence electrons. The third-order valence-electron chi connectivity index (χ3n) is 5.66. The van der Waals surface area contributed by atoms with Gasteiger partial charge in [0, 0.05) is 5.54 Å². The van der Waals surface area contributed by atoms with Crippen molar-refractivity contribution in [3.63, 3.8) is 0 Å². The summed E-state index contributed by atoms with van der Waals surface area (Å²) < 4.78 is 0. The molecule has 0 unspecified atom stereocenters. The van der Waals surface area contributed by atoms with E-state index in [1.807, 2.05) is 0 Å². The number of rotatable bonds is 2. The second-order valence-electron chi connectivity index (χ2n) is 7.32. The third-order valence-corrected chi connectivity index (χ3v) is 5.66. The van der Waals surface area contributed by atoms with Gasteiger partial charge in [-0.1, -0.05) is 6.07 Å². The molecule has 0 aromatic heterocycles. The number of benzene rings is 1. The van der Waals surface area contributed by atoms with Crippen molar-refractivity contribution in [3.05, 3.63) is 23.8 Å². The SMILES string of the molecule is O=C(NC12CC3CC(CC(C3)C1)C2)c1c(O)cccc1O. The summed E-state index contributed by atoms with van der Waals surface area (Å²) >= 11 is 0. The fourth-order valence-electron chi connectivity index (χ4n) is 5.33.